The summed E-state index contributed by atoms with van der Waals surface area (Å²) in [6, 6.07) is 14.0. The van der Waals surface area contributed by atoms with Gasteiger partial charge in [-0.3, -0.25) is 19.6 Å². The number of nitrogens with one attached hydrogen (secondary N) is 4. The van der Waals surface area contributed by atoms with E-state index in [9.17, 15) is 22.8 Å². The Morgan fingerprint density at radius 1 is 0.935 bits per heavy atom. The lowest BCUT2D eigenvalue weighted by atomic mass is 9.76. The molecule has 1 heterocycles. The molecule has 2 aromatic rings. The van der Waals surface area contributed by atoms with Crippen LogP contribution in [0.2, 0.25) is 0 Å². The van der Waals surface area contributed by atoms with Crippen LogP contribution in [0.3, 0.4) is 0 Å². The number of rotatable bonds is 5. The molecule has 4 N–H and O–H groups in total. The summed E-state index contributed by atoms with van der Waals surface area (Å²) in [5, 5.41) is 7.72. The molecule has 162 valence electrons. The first-order valence-corrected chi connectivity index (χ1v) is 11.4. The molecule has 9 nitrogen and oxygen atoms in total. The number of hydrogen-bond donors (Lipinski definition) is 4. The first-order valence-electron chi connectivity index (χ1n) is 9.90. The van der Waals surface area contributed by atoms with Crippen LogP contribution in [0, 0.1) is 5.92 Å². The fourth-order valence-corrected chi connectivity index (χ4v) is 5.07. The molecule has 4 rings (SSSR count). The van der Waals surface area contributed by atoms with Crippen molar-refractivity contribution in [3.8, 4) is 0 Å². The number of imide groups is 1. The smallest absolute Gasteiger partial charge is 0.322 e. The van der Waals surface area contributed by atoms with Gasteiger partial charge in [0.1, 0.15) is 5.54 Å². The van der Waals surface area contributed by atoms with E-state index in [1.54, 1.807) is 42.5 Å². The highest BCUT2D eigenvalue weighted by atomic mass is 32.2. The lowest BCUT2D eigenvalue weighted by Gasteiger charge is -2.34. The van der Waals surface area contributed by atoms with Gasteiger partial charge in [-0.2, -0.15) is 0 Å². The molecule has 1 aliphatic heterocycles. The number of benzene rings is 2. The molecule has 1 spiro atoms. The molecule has 0 radical (unpaired) electrons. The Hall–Kier alpha value is -3.40. The second-order valence-electron chi connectivity index (χ2n) is 7.72. The van der Waals surface area contributed by atoms with Crippen LogP contribution in [0.25, 0.3) is 0 Å². The van der Waals surface area contributed by atoms with Crippen LogP contribution in [0.1, 0.15) is 25.7 Å². The molecular formula is C21H22N4O5S. The Morgan fingerprint density at radius 2 is 1.55 bits per heavy atom. The quantitative estimate of drug-likeness (QED) is 0.527. The van der Waals surface area contributed by atoms with Crippen molar-refractivity contribution in [3.63, 3.8) is 0 Å². The molecule has 1 saturated carbocycles. The average molecular weight is 442 g/mol. The highest BCUT2D eigenvalue weighted by molar-refractivity contribution is 7.92. The number of urea groups is 1. The van der Waals surface area contributed by atoms with Crippen LogP contribution < -0.4 is 20.7 Å². The molecule has 2 aliphatic rings. The minimum absolute atomic E-state index is 0.116. The van der Waals surface area contributed by atoms with Crippen LogP contribution in [0.4, 0.5) is 16.2 Å². The van der Waals surface area contributed by atoms with E-state index in [1.807, 2.05) is 0 Å². The zero-order valence-electron chi connectivity index (χ0n) is 16.6. The number of para-hydroxylation sites is 2. The molecule has 0 unspecified atom stereocenters. The summed E-state index contributed by atoms with van der Waals surface area (Å²) in [6.45, 7) is 0. The molecule has 2 fully saturated rings. The summed E-state index contributed by atoms with van der Waals surface area (Å²) in [7, 11) is -3.81. The summed E-state index contributed by atoms with van der Waals surface area (Å²) >= 11 is 0. The van der Waals surface area contributed by atoms with Crippen LogP contribution in [0.15, 0.2) is 59.5 Å². The van der Waals surface area contributed by atoms with Crippen molar-refractivity contribution in [2.24, 2.45) is 5.92 Å². The Balaban J connectivity index is 1.44. The van der Waals surface area contributed by atoms with Crippen LogP contribution in [-0.4, -0.2) is 31.8 Å². The maximum absolute atomic E-state index is 12.8. The molecular weight excluding hydrogens is 420 g/mol. The Labute approximate surface area is 179 Å². The number of anilines is 2. The zero-order chi connectivity index (χ0) is 22.1. The van der Waals surface area contributed by atoms with Gasteiger partial charge in [0.25, 0.3) is 15.9 Å². The fourth-order valence-electron chi connectivity index (χ4n) is 3.97. The van der Waals surface area contributed by atoms with Gasteiger partial charge in [0.05, 0.1) is 16.3 Å². The first-order chi connectivity index (χ1) is 14.8. The molecule has 0 atom stereocenters. The third-order valence-corrected chi connectivity index (χ3v) is 7.09. The molecule has 4 amide bonds. The summed E-state index contributed by atoms with van der Waals surface area (Å²) in [4.78, 5) is 36.5. The van der Waals surface area contributed by atoms with Crippen LogP contribution in [0.5, 0.6) is 0 Å². The van der Waals surface area contributed by atoms with E-state index in [0.29, 0.717) is 31.4 Å². The van der Waals surface area contributed by atoms with Gasteiger partial charge in [-0.1, -0.05) is 30.3 Å². The van der Waals surface area contributed by atoms with Crippen LogP contribution in [-0.2, 0) is 19.6 Å². The minimum Gasteiger partial charge on any atom is -0.324 e. The van der Waals surface area contributed by atoms with Crippen molar-refractivity contribution in [1.82, 2.24) is 10.6 Å². The van der Waals surface area contributed by atoms with Crippen molar-refractivity contribution < 1.29 is 22.8 Å². The van der Waals surface area contributed by atoms with Gasteiger partial charge in [-0.15, -0.1) is 0 Å². The van der Waals surface area contributed by atoms with Crippen molar-refractivity contribution in [1.29, 1.82) is 0 Å². The van der Waals surface area contributed by atoms with Gasteiger partial charge in [0.15, 0.2) is 0 Å². The number of hydrogen-bond acceptors (Lipinski definition) is 5. The Kier molecular flexibility index (Phi) is 5.40. The maximum Gasteiger partial charge on any atom is 0.322 e. The van der Waals surface area contributed by atoms with E-state index in [-0.39, 0.29) is 28.3 Å². The second kappa shape index (κ2) is 8.03. The van der Waals surface area contributed by atoms with E-state index in [2.05, 4.69) is 20.7 Å². The van der Waals surface area contributed by atoms with E-state index < -0.39 is 21.6 Å². The monoisotopic (exact) mass is 442 g/mol. The van der Waals surface area contributed by atoms with Gasteiger partial charge in [0, 0.05) is 5.92 Å². The maximum atomic E-state index is 12.8. The number of carbonyl (C=O) groups excluding carboxylic acids is 3. The number of sulfonamides is 1. The Morgan fingerprint density at radius 3 is 2.16 bits per heavy atom. The minimum atomic E-state index is -3.81. The number of carbonyl (C=O) groups is 3. The highest BCUT2D eigenvalue weighted by Gasteiger charge is 2.48. The van der Waals surface area contributed by atoms with Gasteiger partial charge < -0.3 is 10.6 Å². The largest absolute Gasteiger partial charge is 0.324 e. The summed E-state index contributed by atoms with van der Waals surface area (Å²) in [6.07, 6.45) is 1.59. The lowest BCUT2D eigenvalue weighted by Crippen LogP contribution is -2.50. The molecule has 1 aliphatic carbocycles. The van der Waals surface area contributed by atoms with Gasteiger partial charge in [0.2, 0.25) is 5.91 Å². The van der Waals surface area contributed by atoms with E-state index in [0.717, 1.165) is 0 Å². The van der Waals surface area contributed by atoms with Crippen molar-refractivity contribution in [3.05, 3.63) is 54.6 Å². The number of amides is 4. The van der Waals surface area contributed by atoms with E-state index in [1.165, 1.54) is 12.1 Å². The molecule has 0 aromatic heterocycles. The first kappa shape index (κ1) is 20.9. The zero-order valence-corrected chi connectivity index (χ0v) is 17.4. The predicted molar refractivity (Wildman–Crippen MR) is 114 cm³/mol. The topological polar surface area (TPSA) is 133 Å². The average Bonchev–Trinajstić information content (AvgIpc) is 3.02. The van der Waals surface area contributed by atoms with Gasteiger partial charge in [-0.05, 0) is 49.9 Å². The molecule has 0 bridgehead atoms. The SMILES string of the molecule is O=C1NC(=O)C2(CCC(C(=O)Nc3ccccc3NS(=O)(=O)c3ccccc3)CC2)N1. The molecule has 2 aromatic carbocycles. The van der Waals surface area contributed by atoms with Crippen molar-refractivity contribution in [2.75, 3.05) is 10.0 Å². The standard InChI is InChI=1S/C21H22N4O5S/c26-18(14-10-12-21(13-11-14)19(27)23-20(28)24-21)22-16-8-4-5-9-17(16)25-31(29,30)15-6-2-1-3-7-15/h1-9,14,25H,10-13H2,(H,22,26)(H2,23,24,27,28). The normalized spacial score (nSPS) is 23.2. The van der Waals surface area contributed by atoms with E-state index >= 15 is 0 Å². The fraction of sp³-hybridized carbons (Fsp3) is 0.286. The predicted octanol–water partition coefficient (Wildman–Crippen LogP) is 2.19. The summed E-state index contributed by atoms with van der Waals surface area (Å²) < 4.78 is 27.8. The van der Waals surface area contributed by atoms with Gasteiger partial charge >= 0.3 is 6.03 Å². The lowest BCUT2D eigenvalue weighted by molar-refractivity contribution is -0.128. The van der Waals surface area contributed by atoms with E-state index in [4.69, 9.17) is 0 Å². The molecule has 1 saturated heterocycles. The Bertz CT molecular complexity index is 1130. The second-order valence-corrected chi connectivity index (χ2v) is 9.40. The summed E-state index contributed by atoms with van der Waals surface area (Å²) in [5.74, 6) is -0.960. The molecule has 31 heavy (non-hydrogen) atoms. The van der Waals surface area contributed by atoms with Crippen molar-refractivity contribution in [2.45, 2.75) is 36.1 Å². The third kappa shape index (κ3) is 4.24. The highest BCUT2D eigenvalue weighted by Crippen LogP contribution is 2.35. The van der Waals surface area contributed by atoms with Gasteiger partial charge in [-0.25, -0.2) is 13.2 Å². The van der Waals surface area contributed by atoms with Crippen LogP contribution >= 0.6 is 0 Å². The molecule has 10 heteroatoms. The summed E-state index contributed by atoms with van der Waals surface area (Å²) in [5.41, 5.74) is -0.328. The third-order valence-electron chi connectivity index (χ3n) is 5.71. The van der Waals surface area contributed by atoms with Crippen molar-refractivity contribution >= 4 is 39.2 Å².